The van der Waals surface area contributed by atoms with Crippen LogP contribution in [0.3, 0.4) is 0 Å². The van der Waals surface area contributed by atoms with Crippen LogP contribution in [-0.4, -0.2) is 29.5 Å². The van der Waals surface area contributed by atoms with Crippen molar-refractivity contribution in [1.29, 1.82) is 0 Å². The third kappa shape index (κ3) is 3.24. The lowest BCUT2D eigenvalue weighted by Gasteiger charge is -2.11. The number of hydrogen-bond donors (Lipinski definition) is 0. The normalized spacial score (nSPS) is 10.5. The van der Waals surface area contributed by atoms with Crippen LogP contribution in [0.25, 0.3) is 16.9 Å². The Hall–Kier alpha value is -3.15. The lowest BCUT2D eigenvalue weighted by Crippen LogP contribution is -2.07. The van der Waals surface area contributed by atoms with Gasteiger partial charge in [0.15, 0.2) is 11.6 Å². The van der Waals surface area contributed by atoms with Crippen LogP contribution in [0.15, 0.2) is 54.7 Å². The molecule has 0 amide bonds. The summed E-state index contributed by atoms with van der Waals surface area (Å²) in [4.78, 5) is 12.3. The van der Waals surface area contributed by atoms with Crippen LogP contribution in [0.2, 0.25) is 0 Å². The number of nitrogens with zero attached hydrogens (tertiary/aromatic N) is 2. The van der Waals surface area contributed by atoms with Crippen molar-refractivity contribution in [1.82, 2.24) is 9.78 Å². The Morgan fingerprint density at radius 2 is 1.96 bits per heavy atom. The lowest BCUT2D eigenvalue weighted by molar-refractivity contribution is 0.0527. The maximum Gasteiger partial charge on any atom is 0.342 e. The van der Waals surface area contributed by atoms with Crippen LogP contribution < -0.4 is 4.74 Å². The van der Waals surface area contributed by atoms with E-state index in [9.17, 15) is 9.18 Å². The lowest BCUT2D eigenvalue weighted by atomic mass is 10.1. The Kier molecular flexibility index (Phi) is 4.79. The summed E-state index contributed by atoms with van der Waals surface area (Å²) in [6.07, 6.45) is 1.43. The van der Waals surface area contributed by atoms with Crippen molar-refractivity contribution in [3.8, 4) is 22.7 Å². The van der Waals surface area contributed by atoms with E-state index in [0.29, 0.717) is 11.3 Å². The Morgan fingerprint density at radius 3 is 2.60 bits per heavy atom. The predicted molar refractivity (Wildman–Crippen MR) is 91.5 cm³/mol. The van der Waals surface area contributed by atoms with Gasteiger partial charge in [0.05, 0.1) is 31.3 Å². The summed E-state index contributed by atoms with van der Waals surface area (Å²) < 4.78 is 25.8. The van der Waals surface area contributed by atoms with Gasteiger partial charge < -0.3 is 9.47 Å². The van der Waals surface area contributed by atoms with Crippen LogP contribution >= 0.6 is 0 Å². The van der Waals surface area contributed by atoms with Crippen LogP contribution in [-0.2, 0) is 4.74 Å². The minimum Gasteiger partial charge on any atom is -0.494 e. The highest BCUT2D eigenvalue weighted by Crippen LogP contribution is 2.30. The molecular formula is C19H17FN2O3. The van der Waals surface area contributed by atoms with Crippen molar-refractivity contribution >= 4 is 5.97 Å². The van der Waals surface area contributed by atoms with E-state index in [0.717, 1.165) is 5.69 Å². The van der Waals surface area contributed by atoms with Crippen LogP contribution in [0.1, 0.15) is 17.3 Å². The Balaban J connectivity index is 2.19. The van der Waals surface area contributed by atoms with Gasteiger partial charge in [-0.15, -0.1) is 0 Å². The number of carbonyl (C=O) groups excluding carboxylic acids is 1. The van der Waals surface area contributed by atoms with Gasteiger partial charge in [0.25, 0.3) is 0 Å². The minimum atomic E-state index is -0.518. The Labute approximate surface area is 144 Å². The standard InChI is InChI=1S/C19H17FN2O3/c1-3-25-19(23)15-12-21-22(14-7-5-4-6-8-14)18(15)13-9-10-17(24-2)16(20)11-13/h4-12H,3H2,1-2H3. The van der Waals surface area contributed by atoms with E-state index >= 15 is 0 Å². The summed E-state index contributed by atoms with van der Waals surface area (Å²) >= 11 is 0. The van der Waals surface area contributed by atoms with Crippen LogP contribution in [0, 0.1) is 5.82 Å². The molecule has 0 saturated heterocycles. The fourth-order valence-electron chi connectivity index (χ4n) is 2.56. The maximum atomic E-state index is 14.2. The fraction of sp³-hybridized carbons (Fsp3) is 0.158. The highest BCUT2D eigenvalue weighted by atomic mass is 19.1. The summed E-state index contributed by atoms with van der Waals surface area (Å²) in [6.45, 7) is 1.97. The monoisotopic (exact) mass is 340 g/mol. The van der Waals surface area contributed by atoms with E-state index in [2.05, 4.69) is 5.10 Å². The molecule has 0 spiro atoms. The first-order valence-corrected chi connectivity index (χ1v) is 7.80. The van der Waals surface area contributed by atoms with E-state index < -0.39 is 11.8 Å². The van der Waals surface area contributed by atoms with Crippen LogP contribution in [0.4, 0.5) is 4.39 Å². The average Bonchev–Trinajstić information content (AvgIpc) is 3.07. The molecule has 2 aromatic carbocycles. The zero-order valence-corrected chi connectivity index (χ0v) is 13.9. The molecule has 0 N–H and O–H groups in total. The molecule has 25 heavy (non-hydrogen) atoms. The van der Waals surface area contributed by atoms with E-state index in [1.165, 1.54) is 25.4 Å². The first-order valence-electron chi connectivity index (χ1n) is 7.80. The molecule has 0 saturated carbocycles. The number of esters is 1. The van der Waals surface area contributed by atoms with Crippen molar-refractivity contribution in [3.05, 3.63) is 66.1 Å². The zero-order valence-electron chi connectivity index (χ0n) is 13.9. The topological polar surface area (TPSA) is 53.3 Å². The number of carbonyl (C=O) groups is 1. The van der Waals surface area contributed by atoms with Crippen molar-refractivity contribution < 1.29 is 18.7 Å². The number of benzene rings is 2. The van der Waals surface area contributed by atoms with Gasteiger partial charge >= 0.3 is 5.97 Å². The molecule has 0 radical (unpaired) electrons. The summed E-state index contributed by atoms with van der Waals surface area (Å²) in [5.74, 6) is -0.890. The Bertz CT molecular complexity index is 891. The fourth-order valence-corrected chi connectivity index (χ4v) is 2.56. The highest BCUT2D eigenvalue weighted by molar-refractivity contribution is 5.96. The number of ether oxygens (including phenoxy) is 2. The van der Waals surface area contributed by atoms with E-state index in [1.54, 1.807) is 17.7 Å². The molecule has 0 aliphatic heterocycles. The van der Waals surface area contributed by atoms with Gasteiger partial charge in [0.2, 0.25) is 0 Å². The maximum absolute atomic E-state index is 14.2. The van der Waals surface area contributed by atoms with Crippen molar-refractivity contribution in [3.63, 3.8) is 0 Å². The molecule has 3 rings (SSSR count). The second-order valence-corrected chi connectivity index (χ2v) is 5.22. The summed E-state index contributed by atoms with van der Waals surface area (Å²) in [5, 5.41) is 4.30. The SMILES string of the molecule is CCOC(=O)c1cnn(-c2ccccc2)c1-c1ccc(OC)c(F)c1. The molecule has 0 fully saturated rings. The molecule has 6 heteroatoms. The quantitative estimate of drug-likeness (QED) is 0.662. The first-order chi connectivity index (χ1) is 12.2. The third-order valence-electron chi connectivity index (χ3n) is 3.69. The van der Waals surface area contributed by atoms with Gasteiger partial charge in [0, 0.05) is 5.56 Å². The number of rotatable bonds is 5. The number of halogens is 1. The van der Waals surface area contributed by atoms with Crippen LogP contribution in [0.5, 0.6) is 5.75 Å². The summed E-state index contributed by atoms with van der Waals surface area (Å²) in [7, 11) is 1.40. The smallest absolute Gasteiger partial charge is 0.342 e. The molecule has 0 aliphatic rings. The van der Waals surface area contributed by atoms with Gasteiger partial charge in [-0.3, -0.25) is 0 Å². The average molecular weight is 340 g/mol. The molecule has 3 aromatic rings. The van der Waals surface area contributed by atoms with Gasteiger partial charge in [-0.2, -0.15) is 5.10 Å². The number of para-hydroxylation sites is 1. The Morgan fingerprint density at radius 1 is 1.20 bits per heavy atom. The largest absolute Gasteiger partial charge is 0.494 e. The third-order valence-corrected chi connectivity index (χ3v) is 3.69. The molecule has 0 bridgehead atoms. The molecule has 0 aliphatic carbocycles. The molecule has 1 aromatic heterocycles. The second-order valence-electron chi connectivity index (χ2n) is 5.22. The van der Waals surface area contributed by atoms with Gasteiger partial charge in [-0.1, -0.05) is 18.2 Å². The second kappa shape index (κ2) is 7.17. The van der Waals surface area contributed by atoms with Crippen molar-refractivity contribution in [2.24, 2.45) is 0 Å². The van der Waals surface area contributed by atoms with E-state index in [4.69, 9.17) is 9.47 Å². The van der Waals surface area contributed by atoms with Gasteiger partial charge in [-0.25, -0.2) is 13.9 Å². The van der Waals surface area contributed by atoms with E-state index in [-0.39, 0.29) is 17.9 Å². The summed E-state index contributed by atoms with van der Waals surface area (Å²) in [5.41, 5.74) is 1.99. The summed E-state index contributed by atoms with van der Waals surface area (Å²) in [6, 6.07) is 13.8. The highest BCUT2D eigenvalue weighted by Gasteiger charge is 2.22. The van der Waals surface area contributed by atoms with Gasteiger partial charge in [0.1, 0.15) is 5.56 Å². The number of aromatic nitrogens is 2. The molecule has 0 atom stereocenters. The van der Waals surface area contributed by atoms with E-state index in [1.807, 2.05) is 30.3 Å². The molecule has 1 heterocycles. The molecule has 128 valence electrons. The minimum absolute atomic E-state index is 0.132. The zero-order chi connectivity index (χ0) is 17.8. The van der Waals surface area contributed by atoms with Gasteiger partial charge in [-0.05, 0) is 37.3 Å². The predicted octanol–water partition coefficient (Wildman–Crippen LogP) is 3.86. The molecule has 5 nitrogen and oxygen atoms in total. The first kappa shape index (κ1) is 16.7. The number of methoxy groups -OCH3 is 1. The van der Waals surface area contributed by atoms with Crippen molar-refractivity contribution in [2.45, 2.75) is 6.92 Å². The molecular weight excluding hydrogens is 323 g/mol. The molecule has 0 unspecified atom stereocenters. The number of hydrogen-bond acceptors (Lipinski definition) is 4. The van der Waals surface area contributed by atoms with Crippen molar-refractivity contribution in [2.75, 3.05) is 13.7 Å².